The Balaban J connectivity index is 1.97. The van der Waals surface area contributed by atoms with Crippen molar-refractivity contribution in [2.75, 3.05) is 30.6 Å². The van der Waals surface area contributed by atoms with Crippen molar-refractivity contribution in [3.63, 3.8) is 0 Å². The lowest BCUT2D eigenvalue weighted by Gasteiger charge is -2.44. The van der Waals surface area contributed by atoms with Crippen molar-refractivity contribution >= 4 is 46.6 Å². The highest BCUT2D eigenvalue weighted by atomic mass is 32.2. The Morgan fingerprint density at radius 1 is 0.897 bits per heavy atom. The zero-order chi connectivity index (χ0) is 27.8. The fourth-order valence-electron chi connectivity index (χ4n) is 5.68. The highest BCUT2D eigenvalue weighted by Crippen LogP contribution is 2.67. The van der Waals surface area contributed by atoms with E-state index in [-0.39, 0.29) is 0 Å². The summed E-state index contributed by atoms with van der Waals surface area (Å²) in [5.74, 6) is -0.473. The third-order valence-corrected chi connectivity index (χ3v) is 9.12. The third kappa shape index (κ3) is 3.85. The topological polar surface area (TPSA) is 71.4 Å². The van der Waals surface area contributed by atoms with Crippen molar-refractivity contribution < 1.29 is 19.1 Å². The van der Waals surface area contributed by atoms with Crippen molar-refractivity contribution in [1.82, 2.24) is 0 Å². The number of ether oxygens (including phenoxy) is 2. The minimum atomic E-state index is -1.35. The highest BCUT2D eigenvalue weighted by Gasteiger charge is 2.73. The van der Waals surface area contributed by atoms with Crippen LogP contribution in [-0.2, 0) is 19.1 Å². The van der Waals surface area contributed by atoms with Crippen LogP contribution in [0.15, 0.2) is 106 Å². The lowest BCUT2D eigenvalue weighted by atomic mass is 9.80. The molecule has 2 heterocycles. The maximum atomic E-state index is 14.2. The Bertz CT molecular complexity index is 1470. The second-order valence-electron chi connectivity index (χ2n) is 9.48. The lowest BCUT2D eigenvalue weighted by molar-refractivity contribution is -0.148. The van der Waals surface area contributed by atoms with Crippen molar-refractivity contribution in [2.24, 2.45) is 10.4 Å². The summed E-state index contributed by atoms with van der Waals surface area (Å²) in [5.41, 5.74) is 2.07. The van der Waals surface area contributed by atoms with Crippen LogP contribution in [0.3, 0.4) is 0 Å². The summed E-state index contributed by atoms with van der Waals surface area (Å²) in [7, 11) is 2.76. The molecule has 0 unspecified atom stereocenters. The van der Waals surface area contributed by atoms with E-state index in [4.69, 9.17) is 14.5 Å². The number of aliphatic imine (C=N–C) groups is 1. The lowest BCUT2D eigenvalue weighted by Crippen LogP contribution is -2.59. The monoisotopic (exact) mass is 541 g/mol. The number of amidine groups is 1. The number of likely N-dealkylation sites (N-methyl/N-ethyl adjacent to an activating group) is 1. The fourth-order valence-corrected chi connectivity index (χ4v) is 7.49. The molecule has 0 bridgehead atoms. The quantitative estimate of drug-likeness (QED) is 0.282. The van der Waals surface area contributed by atoms with E-state index in [1.54, 1.807) is 18.7 Å². The first kappa shape index (κ1) is 26.6. The van der Waals surface area contributed by atoms with Crippen molar-refractivity contribution in [1.29, 1.82) is 0 Å². The zero-order valence-electron chi connectivity index (χ0n) is 22.7. The maximum absolute atomic E-state index is 14.2. The molecule has 1 saturated heterocycles. The molecule has 39 heavy (non-hydrogen) atoms. The zero-order valence-corrected chi connectivity index (χ0v) is 23.5. The number of hydrogen-bond acceptors (Lipinski definition) is 7. The number of rotatable bonds is 5. The van der Waals surface area contributed by atoms with Gasteiger partial charge >= 0.3 is 11.9 Å². The first-order valence-corrected chi connectivity index (χ1v) is 13.6. The predicted octanol–water partition coefficient (Wildman–Crippen LogP) is 6.19. The van der Waals surface area contributed by atoms with Crippen LogP contribution >= 0.6 is 11.8 Å². The average molecular weight is 542 g/mol. The summed E-state index contributed by atoms with van der Waals surface area (Å²) in [6.45, 7) is 6.23. The minimum absolute atomic E-state index is 0.383. The molecule has 1 spiro atoms. The van der Waals surface area contributed by atoms with Crippen LogP contribution in [-0.4, -0.2) is 43.4 Å². The summed E-state index contributed by atoms with van der Waals surface area (Å²) in [6.07, 6.45) is 0. The van der Waals surface area contributed by atoms with E-state index in [0.717, 1.165) is 16.3 Å². The van der Waals surface area contributed by atoms with E-state index in [9.17, 15) is 9.59 Å². The molecule has 3 aromatic carbocycles. The maximum Gasteiger partial charge on any atom is 0.335 e. The summed E-state index contributed by atoms with van der Waals surface area (Å²) < 4.78 is 10.8. The van der Waals surface area contributed by atoms with Gasteiger partial charge in [0.1, 0.15) is 5.84 Å². The van der Waals surface area contributed by atoms with Crippen LogP contribution < -0.4 is 9.80 Å². The SMILES string of the molecule is CCN1c2ccccc2S[C@]12/C(=C(/C)C(=O)OC)N(c1ccccc1)C(=Nc1ccccc1)[C@@]2(C)C(=O)OC. The standard InChI is InChI=1S/C31H31N3O4S/c1-6-33-24-19-13-14-20-25(24)39-31(33)26(21(2)27(35)37-4)34(23-17-11-8-12-18-23)28(30(31,3)29(36)38-5)32-22-15-9-7-10-16-22/h7-20H,6H2,1-5H3/b26-21+,32-28?/t30-,31-/m0/s1. The normalized spacial score (nSPS) is 24.2. The molecule has 0 amide bonds. The van der Waals surface area contributed by atoms with Gasteiger partial charge in [-0.2, -0.15) is 0 Å². The first-order valence-electron chi connectivity index (χ1n) is 12.8. The first-order chi connectivity index (χ1) is 18.8. The van der Waals surface area contributed by atoms with E-state index in [1.807, 2.05) is 104 Å². The number of anilines is 2. The van der Waals surface area contributed by atoms with Gasteiger partial charge in [0.2, 0.25) is 0 Å². The summed E-state index contributed by atoms with van der Waals surface area (Å²) in [4.78, 5) is 36.6. The smallest absolute Gasteiger partial charge is 0.335 e. The number of carbonyl (C=O) groups excluding carboxylic acids is 2. The van der Waals surface area contributed by atoms with E-state index in [2.05, 4.69) is 4.90 Å². The van der Waals surface area contributed by atoms with Crippen LogP contribution in [0.2, 0.25) is 0 Å². The van der Waals surface area contributed by atoms with Crippen molar-refractivity contribution in [3.8, 4) is 0 Å². The van der Waals surface area contributed by atoms with Gasteiger partial charge in [0.05, 0.1) is 36.9 Å². The van der Waals surface area contributed by atoms with E-state index in [0.29, 0.717) is 29.3 Å². The number of benzene rings is 3. The Kier molecular flexibility index (Phi) is 6.99. The molecular weight excluding hydrogens is 510 g/mol. The average Bonchev–Trinajstić information content (AvgIpc) is 3.43. The van der Waals surface area contributed by atoms with Gasteiger partial charge in [-0.25, -0.2) is 9.79 Å². The van der Waals surface area contributed by atoms with Gasteiger partial charge in [0.25, 0.3) is 0 Å². The number of methoxy groups -OCH3 is 2. The Morgan fingerprint density at radius 2 is 1.51 bits per heavy atom. The second-order valence-corrected chi connectivity index (χ2v) is 10.7. The Morgan fingerprint density at radius 3 is 2.13 bits per heavy atom. The van der Waals surface area contributed by atoms with Crippen LogP contribution in [0, 0.1) is 5.41 Å². The van der Waals surface area contributed by atoms with Gasteiger partial charge < -0.3 is 14.4 Å². The molecule has 0 radical (unpaired) electrons. The Labute approximate surface area is 233 Å². The number of carbonyl (C=O) groups is 2. The van der Waals surface area contributed by atoms with Crippen LogP contribution in [0.25, 0.3) is 0 Å². The number of para-hydroxylation sites is 3. The molecule has 7 nitrogen and oxygen atoms in total. The van der Waals surface area contributed by atoms with E-state index < -0.39 is 22.2 Å². The van der Waals surface area contributed by atoms with Gasteiger partial charge in [-0.05, 0) is 57.2 Å². The molecule has 3 aromatic rings. The number of hydrogen-bond donors (Lipinski definition) is 0. The van der Waals surface area contributed by atoms with Crippen LogP contribution in [0.1, 0.15) is 20.8 Å². The second kappa shape index (κ2) is 10.3. The summed E-state index contributed by atoms with van der Waals surface area (Å²) in [5, 5.41) is 0. The molecule has 0 N–H and O–H groups in total. The van der Waals surface area contributed by atoms with Crippen molar-refractivity contribution in [2.45, 2.75) is 30.5 Å². The summed E-state index contributed by atoms with van der Waals surface area (Å²) in [6, 6.07) is 27.2. The highest BCUT2D eigenvalue weighted by molar-refractivity contribution is 8.01. The molecule has 0 saturated carbocycles. The molecule has 0 aromatic heterocycles. The number of esters is 2. The fraction of sp³-hybridized carbons (Fsp3) is 0.258. The van der Waals surface area contributed by atoms with Crippen LogP contribution in [0.4, 0.5) is 17.1 Å². The molecule has 5 rings (SSSR count). The largest absolute Gasteiger partial charge is 0.468 e. The van der Waals surface area contributed by atoms with Gasteiger partial charge in [-0.1, -0.05) is 60.3 Å². The molecule has 1 fully saturated rings. The molecular formula is C31H31N3O4S. The number of fused-ring (bicyclic) bond motifs is 1. The molecule has 8 heteroatoms. The van der Waals surface area contributed by atoms with Crippen LogP contribution in [0.5, 0.6) is 0 Å². The third-order valence-electron chi connectivity index (χ3n) is 7.44. The van der Waals surface area contributed by atoms with E-state index >= 15 is 0 Å². The number of nitrogens with zero attached hydrogens (tertiary/aromatic N) is 3. The molecule has 2 aliphatic rings. The molecule has 200 valence electrons. The molecule has 2 aliphatic heterocycles. The minimum Gasteiger partial charge on any atom is -0.468 e. The molecule has 0 aliphatic carbocycles. The van der Waals surface area contributed by atoms with Gasteiger partial charge in [0.15, 0.2) is 10.3 Å². The number of thioether (sulfide) groups is 1. The van der Waals surface area contributed by atoms with E-state index in [1.165, 1.54) is 14.2 Å². The Hall–Kier alpha value is -4.04. The van der Waals surface area contributed by atoms with Gasteiger partial charge in [0, 0.05) is 17.1 Å². The molecule has 2 atom stereocenters. The predicted molar refractivity (Wildman–Crippen MR) is 155 cm³/mol. The van der Waals surface area contributed by atoms with Crippen molar-refractivity contribution in [3.05, 3.63) is 96.2 Å². The van der Waals surface area contributed by atoms with Gasteiger partial charge in [-0.15, -0.1) is 0 Å². The van der Waals surface area contributed by atoms with Gasteiger partial charge in [-0.3, -0.25) is 9.69 Å². The summed E-state index contributed by atoms with van der Waals surface area (Å²) >= 11 is 1.54.